The second-order valence-electron chi connectivity index (χ2n) is 4.08. The minimum Gasteiger partial charge on any atom is -0.309 e. The molecule has 0 saturated carbocycles. The van der Waals surface area contributed by atoms with Gasteiger partial charge in [0.25, 0.3) is 0 Å². The minimum absolute atomic E-state index is 0.696. The van der Waals surface area contributed by atoms with Gasteiger partial charge in [-0.1, -0.05) is 19.1 Å². The molecule has 0 aromatic carbocycles. The van der Waals surface area contributed by atoms with E-state index in [1.807, 2.05) is 11.3 Å². The van der Waals surface area contributed by atoms with Crippen molar-refractivity contribution in [3.05, 3.63) is 34.0 Å². The molecule has 1 unspecified atom stereocenters. The van der Waals surface area contributed by atoms with E-state index in [4.69, 9.17) is 0 Å². The normalized spacial score (nSPS) is 20.7. The number of aryl methyl sites for hydroxylation is 1. The molecule has 1 nitrogen and oxygen atoms in total. The molecule has 82 valence electrons. The largest absolute Gasteiger partial charge is 0.309 e. The molecule has 2 rings (SSSR count). The number of thiophene rings is 1. The van der Waals surface area contributed by atoms with Gasteiger partial charge in [-0.15, -0.1) is 11.3 Å². The Morgan fingerprint density at radius 1 is 1.33 bits per heavy atom. The van der Waals surface area contributed by atoms with Crippen LogP contribution in [0.2, 0.25) is 0 Å². The van der Waals surface area contributed by atoms with E-state index in [0.717, 1.165) is 13.0 Å². The molecule has 0 radical (unpaired) electrons. The first kappa shape index (κ1) is 10.9. The van der Waals surface area contributed by atoms with Crippen LogP contribution in [0.5, 0.6) is 0 Å². The summed E-state index contributed by atoms with van der Waals surface area (Å²) in [6.45, 7) is 3.26. The van der Waals surface area contributed by atoms with Crippen LogP contribution in [0.15, 0.2) is 24.3 Å². The van der Waals surface area contributed by atoms with Gasteiger partial charge in [-0.3, -0.25) is 0 Å². The monoisotopic (exact) mass is 221 g/mol. The van der Waals surface area contributed by atoms with Crippen molar-refractivity contribution in [2.75, 3.05) is 0 Å². The quantitative estimate of drug-likeness (QED) is 0.767. The third kappa shape index (κ3) is 3.18. The van der Waals surface area contributed by atoms with Crippen molar-refractivity contribution in [3.63, 3.8) is 0 Å². The molecule has 1 heterocycles. The summed E-state index contributed by atoms with van der Waals surface area (Å²) in [6, 6.07) is 5.21. The smallest absolute Gasteiger partial charge is 0.0302 e. The standard InChI is InChI=1S/C13H19NS/c1-2-12-8-9-13(15-12)10-14-11-6-4-3-5-7-11/h3-4,8-9,11,14H,2,5-7,10H2,1H3. The highest BCUT2D eigenvalue weighted by atomic mass is 32.1. The molecule has 0 fully saturated rings. The first-order valence-electron chi connectivity index (χ1n) is 5.84. The molecule has 0 spiro atoms. The average molecular weight is 221 g/mol. The lowest BCUT2D eigenvalue weighted by molar-refractivity contribution is 0.476. The highest BCUT2D eigenvalue weighted by Crippen LogP contribution is 2.18. The molecule has 1 aliphatic carbocycles. The van der Waals surface area contributed by atoms with E-state index in [1.54, 1.807) is 0 Å². The fraction of sp³-hybridized carbons (Fsp3) is 0.538. The van der Waals surface area contributed by atoms with Crippen LogP contribution < -0.4 is 5.32 Å². The van der Waals surface area contributed by atoms with E-state index in [-0.39, 0.29) is 0 Å². The van der Waals surface area contributed by atoms with Crippen LogP contribution in [0.4, 0.5) is 0 Å². The summed E-state index contributed by atoms with van der Waals surface area (Å²) in [7, 11) is 0. The molecule has 2 heteroatoms. The van der Waals surface area contributed by atoms with Crippen LogP contribution in [0.3, 0.4) is 0 Å². The molecular weight excluding hydrogens is 202 g/mol. The van der Waals surface area contributed by atoms with Crippen LogP contribution in [-0.2, 0) is 13.0 Å². The molecule has 0 bridgehead atoms. The van der Waals surface area contributed by atoms with Crippen molar-refractivity contribution in [1.29, 1.82) is 0 Å². The Kier molecular flexibility index (Phi) is 3.98. The molecule has 1 aromatic heterocycles. The van der Waals surface area contributed by atoms with Gasteiger partial charge in [0.15, 0.2) is 0 Å². The Bertz CT molecular complexity index is 327. The Morgan fingerprint density at radius 3 is 2.87 bits per heavy atom. The predicted molar refractivity (Wildman–Crippen MR) is 67.3 cm³/mol. The van der Waals surface area contributed by atoms with E-state index >= 15 is 0 Å². The van der Waals surface area contributed by atoms with E-state index in [2.05, 4.69) is 36.5 Å². The van der Waals surface area contributed by atoms with Gasteiger partial charge in [-0.05, 0) is 37.8 Å². The first-order valence-corrected chi connectivity index (χ1v) is 6.66. The predicted octanol–water partition coefficient (Wildman–Crippen LogP) is 3.51. The summed E-state index contributed by atoms with van der Waals surface area (Å²) in [5, 5.41) is 3.63. The van der Waals surface area contributed by atoms with Crippen LogP contribution in [-0.4, -0.2) is 6.04 Å². The van der Waals surface area contributed by atoms with Gasteiger partial charge in [0.1, 0.15) is 0 Å². The number of allylic oxidation sites excluding steroid dienone is 1. The van der Waals surface area contributed by atoms with Gasteiger partial charge in [-0.25, -0.2) is 0 Å². The third-order valence-corrected chi connectivity index (χ3v) is 4.13. The van der Waals surface area contributed by atoms with Crippen LogP contribution in [0.25, 0.3) is 0 Å². The summed E-state index contributed by atoms with van der Waals surface area (Å²) in [4.78, 5) is 2.97. The lowest BCUT2D eigenvalue weighted by Gasteiger charge is -2.18. The second-order valence-corrected chi connectivity index (χ2v) is 5.34. The molecule has 0 aliphatic heterocycles. The lowest BCUT2D eigenvalue weighted by atomic mass is 10.0. The molecule has 1 aromatic rings. The van der Waals surface area contributed by atoms with Crippen LogP contribution >= 0.6 is 11.3 Å². The lowest BCUT2D eigenvalue weighted by Crippen LogP contribution is -2.28. The van der Waals surface area contributed by atoms with Crippen LogP contribution in [0.1, 0.15) is 35.9 Å². The van der Waals surface area contributed by atoms with Gasteiger partial charge in [0.2, 0.25) is 0 Å². The molecule has 15 heavy (non-hydrogen) atoms. The van der Waals surface area contributed by atoms with Gasteiger partial charge in [0.05, 0.1) is 0 Å². The molecule has 0 amide bonds. The molecule has 0 saturated heterocycles. The second kappa shape index (κ2) is 5.47. The summed E-state index contributed by atoms with van der Waals surface area (Å²) in [5.41, 5.74) is 0. The van der Waals surface area contributed by atoms with Crippen LogP contribution in [0, 0.1) is 0 Å². The first-order chi connectivity index (χ1) is 7.38. The van der Waals surface area contributed by atoms with Gasteiger partial charge >= 0.3 is 0 Å². The Labute approximate surface area is 96.2 Å². The zero-order chi connectivity index (χ0) is 10.5. The zero-order valence-corrected chi connectivity index (χ0v) is 10.1. The summed E-state index contributed by atoms with van der Waals surface area (Å²) in [6.07, 6.45) is 9.49. The zero-order valence-electron chi connectivity index (χ0n) is 9.33. The number of hydrogen-bond acceptors (Lipinski definition) is 2. The van der Waals surface area contributed by atoms with E-state index in [9.17, 15) is 0 Å². The number of nitrogens with one attached hydrogen (secondary N) is 1. The Balaban J connectivity index is 1.79. The van der Waals surface area contributed by atoms with Crippen molar-refractivity contribution < 1.29 is 0 Å². The van der Waals surface area contributed by atoms with Gasteiger partial charge < -0.3 is 5.32 Å². The summed E-state index contributed by atoms with van der Waals surface area (Å²) in [5.74, 6) is 0. The summed E-state index contributed by atoms with van der Waals surface area (Å²) < 4.78 is 0. The van der Waals surface area contributed by atoms with Crippen molar-refractivity contribution in [1.82, 2.24) is 5.32 Å². The van der Waals surface area contributed by atoms with E-state index in [0.29, 0.717) is 6.04 Å². The van der Waals surface area contributed by atoms with Crippen molar-refractivity contribution in [2.45, 2.75) is 45.2 Å². The SMILES string of the molecule is CCc1ccc(CNC2CC=CCC2)s1. The van der Waals surface area contributed by atoms with Crippen molar-refractivity contribution in [3.8, 4) is 0 Å². The molecular formula is C13H19NS. The van der Waals surface area contributed by atoms with E-state index in [1.165, 1.54) is 29.0 Å². The minimum atomic E-state index is 0.696. The maximum absolute atomic E-state index is 3.63. The maximum Gasteiger partial charge on any atom is 0.0302 e. The molecule has 1 atom stereocenters. The Hall–Kier alpha value is -0.600. The van der Waals surface area contributed by atoms with Gasteiger partial charge in [0, 0.05) is 22.3 Å². The van der Waals surface area contributed by atoms with Crippen molar-refractivity contribution >= 4 is 11.3 Å². The highest BCUT2D eigenvalue weighted by molar-refractivity contribution is 7.11. The maximum atomic E-state index is 3.63. The topological polar surface area (TPSA) is 12.0 Å². The Morgan fingerprint density at radius 2 is 2.20 bits per heavy atom. The average Bonchev–Trinajstić information content (AvgIpc) is 2.76. The van der Waals surface area contributed by atoms with E-state index < -0.39 is 0 Å². The fourth-order valence-corrected chi connectivity index (χ4v) is 2.84. The van der Waals surface area contributed by atoms with Gasteiger partial charge in [-0.2, -0.15) is 0 Å². The summed E-state index contributed by atoms with van der Waals surface area (Å²) >= 11 is 1.94. The number of hydrogen-bond donors (Lipinski definition) is 1. The van der Waals surface area contributed by atoms with Crippen molar-refractivity contribution in [2.24, 2.45) is 0 Å². The fourth-order valence-electron chi connectivity index (χ4n) is 1.93. The highest BCUT2D eigenvalue weighted by Gasteiger charge is 2.09. The molecule has 1 N–H and O–H groups in total. The molecule has 1 aliphatic rings. The third-order valence-electron chi connectivity index (χ3n) is 2.90. The number of rotatable bonds is 4.